The second kappa shape index (κ2) is 5.84. The average Bonchev–Trinajstić information content (AvgIpc) is 2.40. The molecule has 0 aliphatic heterocycles. The Hall–Kier alpha value is -1.88. The molecule has 0 amide bonds. The van der Waals surface area contributed by atoms with Gasteiger partial charge in [-0.2, -0.15) is 0 Å². The van der Waals surface area contributed by atoms with Gasteiger partial charge in [0.1, 0.15) is 0 Å². The van der Waals surface area contributed by atoms with Crippen LogP contribution in [-0.2, 0) is 6.54 Å². The minimum absolute atomic E-state index is 0.197. The Bertz CT molecular complexity index is 597. The first-order chi connectivity index (χ1) is 9.06. The van der Waals surface area contributed by atoms with Crippen molar-refractivity contribution in [3.8, 4) is 0 Å². The van der Waals surface area contributed by atoms with Crippen LogP contribution in [0.15, 0.2) is 41.0 Å². The third kappa shape index (κ3) is 3.54. The number of halogens is 1. The van der Waals surface area contributed by atoms with Crippen LogP contribution in [0.2, 0.25) is 0 Å². The minimum Gasteiger partial charge on any atom is -0.478 e. The SMILES string of the molecule is Cc1cc(NCc2ccc(C(=O)O)cn2)ccc1Br. The molecule has 98 valence electrons. The van der Waals surface area contributed by atoms with Crippen molar-refractivity contribution in [3.63, 3.8) is 0 Å². The molecule has 1 heterocycles. The standard InChI is InChI=1S/C14H13BrN2O2/c1-9-6-11(4-5-13(9)15)17-8-12-3-2-10(7-16-12)14(18)19/h2-7,17H,8H2,1H3,(H,18,19). The Balaban J connectivity index is 2.01. The summed E-state index contributed by atoms with van der Waals surface area (Å²) >= 11 is 3.45. The number of rotatable bonds is 4. The highest BCUT2D eigenvalue weighted by Crippen LogP contribution is 2.20. The molecule has 2 rings (SSSR count). The topological polar surface area (TPSA) is 62.2 Å². The fourth-order valence-electron chi connectivity index (χ4n) is 1.60. The van der Waals surface area contributed by atoms with Gasteiger partial charge in [-0.3, -0.25) is 4.98 Å². The van der Waals surface area contributed by atoms with Crippen LogP contribution >= 0.6 is 15.9 Å². The van der Waals surface area contributed by atoms with Crippen LogP contribution in [0.3, 0.4) is 0 Å². The van der Waals surface area contributed by atoms with Gasteiger partial charge in [0.15, 0.2) is 0 Å². The summed E-state index contributed by atoms with van der Waals surface area (Å²) in [5, 5.41) is 12.0. The second-order valence-corrected chi connectivity index (χ2v) is 5.02. The summed E-state index contributed by atoms with van der Waals surface area (Å²) in [5.41, 5.74) is 3.15. The Labute approximate surface area is 119 Å². The van der Waals surface area contributed by atoms with E-state index in [1.165, 1.54) is 6.20 Å². The highest BCUT2D eigenvalue weighted by molar-refractivity contribution is 9.10. The maximum Gasteiger partial charge on any atom is 0.337 e. The molecular weight excluding hydrogens is 308 g/mol. The third-order valence-corrected chi connectivity index (χ3v) is 3.59. The normalized spacial score (nSPS) is 10.2. The number of hydrogen-bond donors (Lipinski definition) is 2. The van der Waals surface area contributed by atoms with Crippen LogP contribution in [0.1, 0.15) is 21.6 Å². The van der Waals surface area contributed by atoms with Gasteiger partial charge in [0.05, 0.1) is 17.8 Å². The monoisotopic (exact) mass is 320 g/mol. The summed E-state index contributed by atoms with van der Waals surface area (Å²) in [7, 11) is 0. The number of aryl methyl sites for hydroxylation is 1. The molecule has 0 aliphatic rings. The third-order valence-electron chi connectivity index (χ3n) is 2.70. The molecule has 0 unspecified atom stereocenters. The quantitative estimate of drug-likeness (QED) is 0.905. The summed E-state index contributed by atoms with van der Waals surface area (Å²) in [6.07, 6.45) is 1.37. The van der Waals surface area contributed by atoms with E-state index in [-0.39, 0.29) is 5.56 Å². The summed E-state index contributed by atoms with van der Waals surface area (Å²) in [6.45, 7) is 2.58. The van der Waals surface area contributed by atoms with E-state index in [1.54, 1.807) is 12.1 Å². The first-order valence-electron chi connectivity index (χ1n) is 5.74. The zero-order valence-corrected chi connectivity index (χ0v) is 11.9. The minimum atomic E-state index is -0.962. The Morgan fingerprint density at radius 2 is 2.16 bits per heavy atom. The van der Waals surface area contributed by atoms with Gasteiger partial charge in [0.25, 0.3) is 0 Å². The molecule has 2 aromatic rings. The van der Waals surface area contributed by atoms with Crippen LogP contribution in [0.4, 0.5) is 5.69 Å². The Morgan fingerprint density at radius 3 is 2.74 bits per heavy atom. The molecule has 0 saturated heterocycles. The summed E-state index contributed by atoms with van der Waals surface area (Å²) in [6, 6.07) is 9.26. The van der Waals surface area contributed by atoms with E-state index >= 15 is 0 Å². The number of hydrogen-bond acceptors (Lipinski definition) is 3. The lowest BCUT2D eigenvalue weighted by Gasteiger charge is -2.08. The number of anilines is 1. The van der Waals surface area contributed by atoms with Crippen LogP contribution in [0.25, 0.3) is 0 Å². The fourth-order valence-corrected chi connectivity index (χ4v) is 1.85. The zero-order chi connectivity index (χ0) is 13.8. The maximum absolute atomic E-state index is 10.7. The van der Waals surface area contributed by atoms with Crippen molar-refractivity contribution in [3.05, 3.63) is 57.8 Å². The van der Waals surface area contributed by atoms with E-state index in [0.29, 0.717) is 6.54 Å². The highest BCUT2D eigenvalue weighted by atomic mass is 79.9. The summed E-state index contributed by atoms with van der Waals surface area (Å²) in [4.78, 5) is 14.8. The fraction of sp³-hybridized carbons (Fsp3) is 0.143. The Kier molecular flexibility index (Phi) is 4.16. The Morgan fingerprint density at radius 1 is 1.37 bits per heavy atom. The number of carbonyl (C=O) groups is 1. The van der Waals surface area contributed by atoms with Crippen LogP contribution in [0.5, 0.6) is 0 Å². The van der Waals surface area contributed by atoms with E-state index in [2.05, 4.69) is 26.2 Å². The molecule has 19 heavy (non-hydrogen) atoms. The van der Waals surface area contributed by atoms with Crippen molar-refractivity contribution in [1.29, 1.82) is 0 Å². The maximum atomic E-state index is 10.7. The lowest BCUT2D eigenvalue weighted by Crippen LogP contribution is -2.03. The number of benzene rings is 1. The van der Waals surface area contributed by atoms with Gasteiger partial charge in [0.2, 0.25) is 0 Å². The molecule has 0 aliphatic carbocycles. The number of pyridine rings is 1. The first-order valence-corrected chi connectivity index (χ1v) is 6.54. The van der Waals surface area contributed by atoms with Crippen molar-refractivity contribution < 1.29 is 9.90 Å². The van der Waals surface area contributed by atoms with E-state index < -0.39 is 5.97 Å². The summed E-state index contributed by atoms with van der Waals surface area (Å²) in [5.74, 6) is -0.962. The molecular formula is C14H13BrN2O2. The van der Waals surface area contributed by atoms with Crippen LogP contribution in [0, 0.1) is 6.92 Å². The van der Waals surface area contributed by atoms with E-state index in [1.807, 2.05) is 25.1 Å². The number of carboxylic acid groups (broad SMARTS) is 1. The van der Waals surface area contributed by atoms with Gasteiger partial charge in [-0.25, -0.2) is 4.79 Å². The molecule has 1 aromatic heterocycles. The average molecular weight is 321 g/mol. The smallest absolute Gasteiger partial charge is 0.337 e. The highest BCUT2D eigenvalue weighted by Gasteiger charge is 2.03. The molecule has 0 saturated carbocycles. The number of carboxylic acids is 1. The van der Waals surface area contributed by atoms with Crippen molar-refractivity contribution in [2.24, 2.45) is 0 Å². The second-order valence-electron chi connectivity index (χ2n) is 4.16. The van der Waals surface area contributed by atoms with Crippen molar-refractivity contribution in [1.82, 2.24) is 4.98 Å². The van der Waals surface area contributed by atoms with Crippen molar-refractivity contribution in [2.75, 3.05) is 5.32 Å². The number of nitrogens with one attached hydrogen (secondary N) is 1. The molecule has 0 atom stereocenters. The molecule has 0 bridgehead atoms. The van der Waals surface area contributed by atoms with Crippen LogP contribution in [-0.4, -0.2) is 16.1 Å². The molecule has 0 spiro atoms. The molecule has 0 fully saturated rings. The van der Waals surface area contributed by atoms with Crippen molar-refractivity contribution in [2.45, 2.75) is 13.5 Å². The molecule has 5 heteroatoms. The molecule has 4 nitrogen and oxygen atoms in total. The van der Waals surface area contributed by atoms with Gasteiger partial charge in [0, 0.05) is 16.4 Å². The molecule has 0 radical (unpaired) electrons. The lowest BCUT2D eigenvalue weighted by molar-refractivity contribution is 0.0696. The number of aromatic carboxylic acids is 1. The van der Waals surface area contributed by atoms with Crippen molar-refractivity contribution >= 4 is 27.6 Å². The van der Waals surface area contributed by atoms with Gasteiger partial charge in [-0.05, 0) is 42.8 Å². The van der Waals surface area contributed by atoms with Gasteiger partial charge >= 0.3 is 5.97 Å². The predicted molar refractivity (Wildman–Crippen MR) is 77.4 cm³/mol. The van der Waals surface area contributed by atoms with E-state index in [4.69, 9.17) is 5.11 Å². The molecule has 2 N–H and O–H groups in total. The van der Waals surface area contributed by atoms with Gasteiger partial charge in [-0.1, -0.05) is 15.9 Å². The summed E-state index contributed by atoms with van der Waals surface area (Å²) < 4.78 is 1.07. The van der Waals surface area contributed by atoms with Gasteiger partial charge in [-0.15, -0.1) is 0 Å². The van der Waals surface area contributed by atoms with Crippen LogP contribution < -0.4 is 5.32 Å². The predicted octanol–water partition coefficient (Wildman–Crippen LogP) is 3.46. The van der Waals surface area contributed by atoms with Gasteiger partial charge < -0.3 is 10.4 Å². The number of nitrogens with zero attached hydrogens (tertiary/aromatic N) is 1. The molecule has 1 aromatic carbocycles. The lowest BCUT2D eigenvalue weighted by atomic mass is 10.2. The van der Waals surface area contributed by atoms with E-state index in [0.717, 1.165) is 21.4 Å². The van der Waals surface area contributed by atoms with E-state index in [9.17, 15) is 4.79 Å². The zero-order valence-electron chi connectivity index (χ0n) is 10.4. The first kappa shape index (κ1) is 13.5. The number of aromatic nitrogens is 1. The largest absolute Gasteiger partial charge is 0.478 e.